The summed E-state index contributed by atoms with van der Waals surface area (Å²) in [5, 5.41) is 7.47. The molecular formula is C22H39N5O5S. The summed E-state index contributed by atoms with van der Waals surface area (Å²) in [7, 11) is -0.281. The van der Waals surface area contributed by atoms with Crippen molar-refractivity contribution in [2.75, 3.05) is 40.3 Å². The van der Waals surface area contributed by atoms with E-state index in [1.54, 1.807) is 11.4 Å². The number of carbonyl (C=O) groups is 2. The smallest absolute Gasteiger partial charge is 0.407 e. The number of ether oxygens (including phenoxy) is 1. The van der Waals surface area contributed by atoms with Crippen molar-refractivity contribution >= 4 is 22.0 Å². The molecule has 3 heterocycles. The fourth-order valence-corrected chi connectivity index (χ4v) is 8.39. The summed E-state index contributed by atoms with van der Waals surface area (Å²) >= 11 is 0. The fourth-order valence-electron chi connectivity index (χ4n) is 6.38. The van der Waals surface area contributed by atoms with E-state index in [0.29, 0.717) is 57.2 Å². The topological polar surface area (TPSA) is 120 Å². The molecule has 33 heavy (non-hydrogen) atoms. The van der Waals surface area contributed by atoms with Crippen molar-refractivity contribution in [2.24, 2.45) is 17.8 Å². The number of nitrogens with zero attached hydrogens (tertiary/aromatic N) is 2. The van der Waals surface area contributed by atoms with Gasteiger partial charge in [-0.15, -0.1) is 0 Å². The van der Waals surface area contributed by atoms with Gasteiger partial charge in [0.2, 0.25) is 15.9 Å². The molecule has 1 aliphatic carbocycles. The molecular weight excluding hydrogens is 446 g/mol. The van der Waals surface area contributed by atoms with Gasteiger partial charge in [-0.1, -0.05) is 0 Å². The molecule has 0 spiro atoms. The highest BCUT2D eigenvalue weighted by atomic mass is 32.2. The van der Waals surface area contributed by atoms with Gasteiger partial charge in [-0.2, -0.15) is 0 Å². The van der Waals surface area contributed by atoms with Crippen LogP contribution in [-0.4, -0.2) is 87.4 Å². The Morgan fingerprint density at radius 2 is 1.64 bits per heavy atom. The maximum absolute atomic E-state index is 13.3. The fraction of sp³-hybridized carbons (Fsp3) is 0.909. The van der Waals surface area contributed by atoms with E-state index >= 15 is 0 Å². The highest BCUT2D eigenvalue weighted by Crippen LogP contribution is 2.39. The van der Waals surface area contributed by atoms with E-state index in [2.05, 4.69) is 25.8 Å². The quantitative estimate of drug-likeness (QED) is 0.523. The van der Waals surface area contributed by atoms with Crippen LogP contribution in [0, 0.1) is 17.8 Å². The molecule has 2 amide bonds. The van der Waals surface area contributed by atoms with Gasteiger partial charge in [0.25, 0.3) is 0 Å². The molecule has 0 aromatic rings. The molecule has 3 N–H and O–H groups in total. The molecule has 4 fully saturated rings. The van der Waals surface area contributed by atoms with E-state index in [0.717, 1.165) is 32.2 Å². The van der Waals surface area contributed by atoms with Crippen LogP contribution >= 0.6 is 0 Å². The number of hydrogen-bond acceptors (Lipinski definition) is 7. The second-order valence-electron chi connectivity index (χ2n) is 10.0. The molecule has 10 nitrogen and oxygen atoms in total. The van der Waals surface area contributed by atoms with Crippen molar-refractivity contribution in [3.63, 3.8) is 0 Å². The Hall–Kier alpha value is -1.43. The van der Waals surface area contributed by atoms with Crippen molar-refractivity contribution in [1.82, 2.24) is 25.4 Å². The van der Waals surface area contributed by atoms with Crippen molar-refractivity contribution in [1.29, 1.82) is 0 Å². The van der Waals surface area contributed by atoms with Gasteiger partial charge >= 0.3 is 6.09 Å². The van der Waals surface area contributed by atoms with Crippen molar-refractivity contribution in [3.05, 3.63) is 0 Å². The monoisotopic (exact) mass is 485 g/mol. The molecule has 11 heteroatoms. The lowest BCUT2D eigenvalue weighted by atomic mass is 9.75. The number of hydrazine groups is 1. The molecule has 0 aromatic carbocycles. The van der Waals surface area contributed by atoms with Crippen LogP contribution in [0.4, 0.5) is 4.79 Å². The number of nitrogens with one attached hydrogen (secondary N) is 3. The van der Waals surface area contributed by atoms with Gasteiger partial charge in [-0.3, -0.25) is 10.2 Å². The Morgan fingerprint density at radius 1 is 0.970 bits per heavy atom. The van der Waals surface area contributed by atoms with E-state index in [9.17, 15) is 18.0 Å². The third-order valence-electron chi connectivity index (χ3n) is 8.38. The molecule has 0 radical (unpaired) electrons. The summed E-state index contributed by atoms with van der Waals surface area (Å²) in [6.07, 6.45) is 5.91. The summed E-state index contributed by atoms with van der Waals surface area (Å²) in [5.74, 6) is 1.16. The Bertz CT molecular complexity index is 808. The van der Waals surface area contributed by atoms with Crippen LogP contribution in [0.1, 0.15) is 51.4 Å². The zero-order chi connectivity index (χ0) is 23.6. The zero-order valence-corrected chi connectivity index (χ0v) is 20.6. The van der Waals surface area contributed by atoms with Gasteiger partial charge in [-0.05, 0) is 63.2 Å². The van der Waals surface area contributed by atoms with Crippen molar-refractivity contribution in [2.45, 2.75) is 68.7 Å². The molecule has 1 saturated carbocycles. The van der Waals surface area contributed by atoms with E-state index < -0.39 is 16.1 Å². The minimum absolute atomic E-state index is 0.0100. The van der Waals surface area contributed by atoms with Gasteiger partial charge in [-0.25, -0.2) is 22.5 Å². The molecule has 188 valence electrons. The number of amides is 2. The van der Waals surface area contributed by atoms with Crippen LogP contribution in [0.15, 0.2) is 0 Å². The van der Waals surface area contributed by atoms with E-state index in [4.69, 9.17) is 0 Å². The lowest BCUT2D eigenvalue weighted by molar-refractivity contribution is -0.125. The number of piperidine rings is 2. The second-order valence-corrected chi connectivity index (χ2v) is 12.2. The number of rotatable bonds is 5. The molecule has 4 rings (SSSR count). The van der Waals surface area contributed by atoms with Crippen LogP contribution < -0.4 is 16.1 Å². The molecule has 3 unspecified atom stereocenters. The third-order valence-corrected chi connectivity index (χ3v) is 10.8. The highest BCUT2D eigenvalue weighted by molar-refractivity contribution is 7.89. The number of fused-ring (bicyclic) bond motifs is 1. The number of carbonyl (C=O) groups excluding carboxylic acids is 2. The van der Waals surface area contributed by atoms with E-state index in [1.807, 2.05) is 0 Å². The molecule has 3 aliphatic heterocycles. The maximum Gasteiger partial charge on any atom is 0.407 e. The lowest BCUT2D eigenvalue weighted by Gasteiger charge is -2.42. The summed E-state index contributed by atoms with van der Waals surface area (Å²) in [4.78, 5) is 23.7. The number of alkyl carbamates (subject to hydrolysis) is 1. The Kier molecular flexibility index (Phi) is 7.82. The first-order valence-corrected chi connectivity index (χ1v) is 13.9. The average molecular weight is 486 g/mol. The van der Waals surface area contributed by atoms with Gasteiger partial charge in [0.15, 0.2) is 0 Å². The summed E-state index contributed by atoms with van der Waals surface area (Å²) < 4.78 is 32.9. The highest BCUT2D eigenvalue weighted by Gasteiger charge is 2.45. The van der Waals surface area contributed by atoms with Crippen LogP contribution in [0.2, 0.25) is 0 Å². The minimum atomic E-state index is -3.32. The molecule has 3 atom stereocenters. The second kappa shape index (κ2) is 10.5. The Morgan fingerprint density at radius 3 is 2.27 bits per heavy atom. The molecule has 4 aliphatic rings. The SMILES string of the molecule is CNC(=O)C1CNN2CCC(C3CCN(S(=O)(=O)C4CCC(NC(=O)OC)CC4)CC3)CC12. The molecule has 0 bridgehead atoms. The van der Waals surface area contributed by atoms with Crippen LogP contribution in [0.5, 0.6) is 0 Å². The number of sulfonamides is 1. The lowest BCUT2D eigenvalue weighted by Crippen LogP contribution is -2.50. The first kappa shape index (κ1) is 24.7. The Balaban J connectivity index is 1.27. The number of hydrogen-bond donors (Lipinski definition) is 3. The predicted molar refractivity (Wildman–Crippen MR) is 124 cm³/mol. The first-order valence-electron chi connectivity index (χ1n) is 12.4. The predicted octanol–water partition coefficient (Wildman–Crippen LogP) is 0.656. The zero-order valence-electron chi connectivity index (χ0n) is 19.8. The van der Waals surface area contributed by atoms with Crippen LogP contribution in [0.25, 0.3) is 0 Å². The van der Waals surface area contributed by atoms with Crippen molar-refractivity contribution < 1.29 is 22.7 Å². The number of methoxy groups -OCH3 is 1. The average Bonchev–Trinajstić information content (AvgIpc) is 3.27. The third kappa shape index (κ3) is 5.31. The summed E-state index contributed by atoms with van der Waals surface area (Å²) in [6, 6.07) is 0.225. The summed E-state index contributed by atoms with van der Waals surface area (Å²) in [5.41, 5.74) is 3.38. The van der Waals surface area contributed by atoms with Gasteiger partial charge in [0.05, 0.1) is 18.3 Å². The van der Waals surface area contributed by atoms with Gasteiger partial charge in [0, 0.05) is 45.3 Å². The van der Waals surface area contributed by atoms with Crippen LogP contribution in [0.3, 0.4) is 0 Å². The van der Waals surface area contributed by atoms with Gasteiger partial charge < -0.3 is 15.4 Å². The van der Waals surface area contributed by atoms with Crippen molar-refractivity contribution in [3.8, 4) is 0 Å². The normalized spacial score (nSPS) is 34.4. The summed E-state index contributed by atoms with van der Waals surface area (Å²) in [6.45, 7) is 2.83. The van der Waals surface area contributed by atoms with Crippen LogP contribution in [-0.2, 0) is 19.6 Å². The van der Waals surface area contributed by atoms with Gasteiger partial charge in [0.1, 0.15) is 0 Å². The van der Waals surface area contributed by atoms with E-state index in [1.165, 1.54) is 7.11 Å². The standard InChI is InChI=1S/C22H39N5O5S/c1-23-21(28)19-14-24-27-12-9-16(13-20(19)27)15-7-10-26(11-8-15)33(30,31)18-5-3-17(4-6-18)25-22(29)32-2/h15-20,24H,3-14H2,1-2H3,(H,23,28)(H,25,29). The van der Waals surface area contributed by atoms with E-state index in [-0.39, 0.29) is 29.2 Å². The molecule has 0 aromatic heterocycles. The largest absolute Gasteiger partial charge is 0.453 e. The maximum atomic E-state index is 13.3. The minimum Gasteiger partial charge on any atom is -0.453 e. The Labute approximate surface area is 197 Å². The molecule has 3 saturated heterocycles. The first-order chi connectivity index (χ1) is 15.8.